The van der Waals surface area contributed by atoms with Crippen molar-refractivity contribution < 1.29 is 18.0 Å². The molecule has 0 aliphatic carbocycles. The number of carbonyl (C=O) groups excluding carboxylic acids is 2. The molecule has 0 saturated carbocycles. The second kappa shape index (κ2) is 9.38. The van der Waals surface area contributed by atoms with Gasteiger partial charge in [-0.15, -0.1) is 0 Å². The van der Waals surface area contributed by atoms with Crippen molar-refractivity contribution in [3.63, 3.8) is 0 Å². The van der Waals surface area contributed by atoms with E-state index in [9.17, 15) is 18.0 Å². The number of sulfonamides is 1. The Morgan fingerprint density at radius 2 is 1.58 bits per heavy atom. The van der Waals surface area contributed by atoms with Crippen molar-refractivity contribution in [2.24, 2.45) is 0 Å². The number of rotatable bonds is 6. The van der Waals surface area contributed by atoms with Crippen LogP contribution in [0.1, 0.15) is 17.3 Å². The number of hydrogen-bond acceptors (Lipinski definition) is 4. The maximum atomic E-state index is 12.7. The topological polar surface area (TPSA) is 104 Å². The van der Waals surface area contributed by atoms with Crippen LogP contribution >= 0.6 is 23.2 Å². The number of carbonyl (C=O) groups is 2. The van der Waals surface area contributed by atoms with E-state index >= 15 is 0 Å². The lowest BCUT2D eigenvalue weighted by Gasteiger charge is -2.11. The molecular formula is C21H17Cl2N3O4S. The minimum atomic E-state index is -3.93. The SMILES string of the molecule is CC(=O)Nc1ccc(NC(=O)c2cccc(S(=O)(=O)Nc3cccc(Cl)c3)c2)cc1Cl. The van der Waals surface area contributed by atoms with Crippen molar-refractivity contribution in [2.45, 2.75) is 11.8 Å². The summed E-state index contributed by atoms with van der Waals surface area (Å²) in [5.74, 6) is -0.800. The Labute approximate surface area is 189 Å². The molecular weight excluding hydrogens is 461 g/mol. The van der Waals surface area contributed by atoms with Gasteiger partial charge in [0.1, 0.15) is 0 Å². The third-order valence-corrected chi connectivity index (χ3v) is 5.95. The molecule has 0 heterocycles. The van der Waals surface area contributed by atoms with Crippen molar-refractivity contribution in [3.8, 4) is 0 Å². The van der Waals surface area contributed by atoms with E-state index in [0.29, 0.717) is 22.1 Å². The summed E-state index contributed by atoms with van der Waals surface area (Å²) >= 11 is 12.0. The van der Waals surface area contributed by atoms with Gasteiger partial charge >= 0.3 is 0 Å². The van der Waals surface area contributed by atoms with Gasteiger partial charge in [0.15, 0.2) is 0 Å². The van der Waals surface area contributed by atoms with Gasteiger partial charge in [-0.05, 0) is 54.6 Å². The number of anilines is 3. The maximum Gasteiger partial charge on any atom is 0.261 e. The summed E-state index contributed by atoms with van der Waals surface area (Å²) in [5, 5.41) is 5.84. The summed E-state index contributed by atoms with van der Waals surface area (Å²) in [6, 6.07) is 16.5. The van der Waals surface area contributed by atoms with Gasteiger partial charge in [-0.3, -0.25) is 14.3 Å². The summed E-state index contributed by atoms with van der Waals surface area (Å²) in [4.78, 5) is 23.7. The van der Waals surface area contributed by atoms with Gasteiger partial charge in [0.25, 0.3) is 15.9 Å². The second-order valence-corrected chi connectivity index (χ2v) is 9.00. The van der Waals surface area contributed by atoms with Gasteiger partial charge in [-0.25, -0.2) is 8.42 Å². The number of amides is 2. The molecule has 7 nitrogen and oxygen atoms in total. The van der Waals surface area contributed by atoms with Crippen LogP contribution in [-0.4, -0.2) is 20.2 Å². The molecule has 2 amide bonds. The zero-order valence-electron chi connectivity index (χ0n) is 16.1. The lowest BCUT2D eigenvalue weighted by atomic mass is 10.2. The summed E-state index contributed by atoms with van der Waals surface area (Å²) < 4.78 is 27.8. The highest BCUT2D eigenvalue weighted by Gasteiger charge is 2.17. The van der Waals surface area contributed by atoms with Crippen LogP contribution in [0.2, 0.25) is 10.0 Å². The average molecular weight is 478 g/mol. The molecule has 10 heteroatoms. The molecule has 0 fully saturated rings. The van der Waals surface area contributed by atoms with E-state index in [4.69, 9.17) is 23.2 Å². The Hall–Kier alpha value is -3.07. The molecule has 0 atom stereocenters. The van der Waals surface area contributed by atoms with Crippen molar-refractivity contribution in [3.05, 3.63) is 82.3 Å². The summed E-state index contributed by atoms with van der Waals surface area (Å²) in [6.45, 7) is 1.36. The van der Waals surface area contributed by atoms with Crippen LogP contribution < -0.4 is 15.4 Å². The van der Waals surface area contributed by atoms with Gasteiger partial charge in [0.05, 0.1) is 21.3 Å². The second-order valence-electron chi connectivity index (χ2n) is 6.47. The molecule has 0 radical (unpaired) electrons. The summed E-state index contributed by atoms with van der Waals surface area (Å²) in [6.07, 6.45) is 0. The summed E-state index contributed by atoms with van der Waals surface area (Å²) in [7, 11) is -3.93. The zero-order chi connectivity index (χ0) is 22.6. The van der Waals surface area contributed by atoms with Crippen molar-refractivity contribution in [1.29, 1.82) is 0 Å². The minimum absolute atomic E-state index is 0.0841. The van der Waals surface area contributed by atoms with Crippen molar-refractivity contribution in [2.75, 3.05) is 15.4 Å². The van der Waals surface area contributed by atoms with Gasteiger partial charge < -0.3 is 10.6 Å². The fraction of sp³-hybridized carbons (Fsp3) is 0.0476. The van der Waals surface area contributed by atoms with Crippen molar-refractivity contribution >= 4 is 62.1 Å². The number of benzene rings is 3. The molecule has 0 spiro atoms. The van der Waals surface area contributed by atoms with E-state index in [1.807, 2.05) is 0 Å². The monoisotopic (exact) mass is 477 g/mol. The minimum Gasteiger partial charge on any atom is -0.325 e. The Bertz CT molecular complexity index is 1260. The van der Waals surface area contributed by atoms with Gasteiger partial charge in [0, 0.05) is 23.2 Å². The summed E-state index contributed by atoms with van der Waals surface area (Å²) in [5.41, 5.74) is 1.23. The quantitative estimate of drug-likeness (QED) is 0.464. The highest BCUT2D eigenvalue weighted by Crippen LogP contribution is 2.26. The molecule has 0 aliphatic rings. The zero-order valence-corrected chi connectivity index (χ0v) is 18.5. The van der Waals surface area contributed by atoms with Gasteiger partial charge in [0.2, 0.25) is 5.91 Å². The molecule has 31 heavy (non-hydrogen) atoms. The first-order valence-corrected chi connectivity index (χ1v) is 11.1. The van der Waals surface area contributed by atoms with Crippen LogP contribution in [0.3, 0.4) is 0 Å². The average Bonchev–Trinajstić information content (AvgIpc) is 2.69. The molecule has 3 N–H and O–H groups in total. The molecule has 0 aliphatic heterocycles. The Balaban J connectivity index is 1.78. The van der Waals surface area contributed by atoms with Crippen LogP contribution in [0.25, 0.3) is 0 Å². The van der Waals surface area contributed by atoms with E-state index < -0.39 is 15.9 Å². The van der Waals surface area contributed by atoms with Crippen LogP contribution in [0.4, 0.5) is 17.1 Å². The molecule has 160 valence electrons. The fourth-order valence-electron chi connectivity index (χ4n) is 2.66. The first-order valence-electron chi connectivity index (χ1n) is 8.91. The Morgan fingerprint density at radius 1 is 0.839 bits per heavy atom. The van der Waals surface area contributed by atoms with Crippen LogP contribution in [-0.2, 0) is 14.8 Å². The van der Waals surface area contributed by atoms with Crippen LogP contribution in [0, 0.1) is 0 Å². The number of hydrogen-bond donors (Lipinski definition) is 3. The maximum absolute atomic E-state index is 12.7. The normalized spacial score (nSPS) is 10.9. The predicted molar refractivity (Wildman–Crippen MR) is 122 cm³/mol. The number of halogens is 2. The van der Waals surface area contributed by atoms with Crippen molar-refractivity contribution in [1.82, 2.24) is 0 Å². The van der Waals surface area contributed by atoms with E-state index in [1.54, 1.807) is 30.3 Å². The van der Waals surface area contributed by atoms with E-state index in [2.05, 4.69) is 15.4 Å². The predicted octanol–water partition coefficient (Wildman–Crippen LogP) is 5.00. The highest BCUT2D eigenvalue weighted by atomic mass is 35.5. The largest absolute Gasteiger partial charge is 0.325 e. The van der Waals surface area contributed by atoms with Crippen LogP contribution in [0.15, 0.2) is 71.6 Å². The molecule has 3 aromatic rings. The number of nitrogens with one attached hydrogen (secondary N) is 3. The molecule has 0 unspecified atom stereocenters. The molecule has 3 aromatic carbocycles. The molecule has 0 aromatic heterocycles. The Morgan fingerprint density at radius 3 is 2.26 bits per heavy atom. The van der Waals surface area contributed by atoms with Gasteiger partial charge in [-0.2, -0.15) is 0 Å². The lowest BCUT2D eigenvalue weighted by Crippen LogP contribution is -2.16. The third-order valence-electron chi connectivity index (χ3n) is 4.02. The van der Waals surface area contributed by atoms with E-state index in [0.717, 1.165) is 0 Å². The first kappa shape index (κ1) is 22.6. The van der Waals surface area contributed by atoms with Gasteiger partial charge in [-0.1, -0.05) is 35.3 Å². The first-order chi connectivity index (χ1) is 14.6. The van der Waals surface area contributed by atoms with E-state index in [1.165, 1.54) is 43.3 Å². The fourth-order valence-corrected chi connectivity index (χ4v) is 4.17. The highest BCUT2D eigenvalue weighted by molar-refractivity contribution is 7.92. The van der Waals surface area contributed by atoms with E-state index in [-0.39, 0.29) is 21.4 Å². The van der Waals surface area contributed by atoms with Crippen LogP contribution in [0.5, 0.6) is 0 Å². The lowest BCUT2D eigenvalue weighted by molar-refractivity contribution is -0.114. The third kappa shape index (κ3) is 5.97. The smallest absolute Gasteiger partial charge is 0.261 e. The molecule has 0 bridgehead atoms. The standard InChI is InChI=1S/C21H17Cl2N3O4S/c1-13(27)24-20-9-8-16(12-19(20)23)25-21(28)14-4-2-7-18(10-14)31(29,30)26-17-6-3-5-15(22)11-17/h2-12,26H,1H3,(H,24,27)(H,25,28). The molecule has 3 rings (SSSR count). The Kier molecular flexibility index (Phi) is 6.84. The molecule has 0 saturated heterocycles.